The van der Waals surface area contributed by atoms with Crippen molar-refractivity contribution in [2.75, 3.05) is 0 Å². The summed E-state index contributed by atoms with van der Waals surface area (Å²) in [5.41, 5.74) is 1.98. The van der Waals surface area contributed by atoms with Crippen LogP contribution in [-0.4, -0.2) is 25.8 Å². The number of amides is 1. The number of rotatable bonds is 6. The summed E-state index contributed by atoms with van der Waals surface area (Å²) < 4.78 is 6.80. The fourth-order valence-electron chi connectivity index (χ4n) is 2.42. The maximum Gasteiger partial charge on any atom is 0.227 e. The normalized spacial score (nSPS) is 12.1. The molecular formula is C17H19N5O2. The van der Waals surface area contributed by atoms with E-state index in [1.54, 1.807) is 17.8 Å². The third-order valence-corrected chi connectivity index (χ3v) is 3.65. The first kappa shape index (κ1) is 15.9. The first-order valence-corrected chi connectivity index (χ1v) is 7.80. The minimum atomic E-state index is -0.0996. The van der Waals surface area contributed by atoms with Gasteiger partial charge in [-0.15, -0.1) is 0 Å². The number of aryl methyl sites for hydroxylation is 2. The standard InChI is InChI=1S/C17H19N5O2/c1-12(19-16(23)7-8-17-20-13(2)21-24-17)14-5-3-6-15(11-14)22-10-4-9-18-22/h3-6,9-12H,7-8H2,1-2H3,(H,19,23)/t12-/m1/s1. The van der Waals surface area contributed by atoms with E-state index in [4.69, 9.17) is 4.52 Å². The van der Waals surface area contributed by atoms with Gasteiger partial charge in [0.05, 0.1) is 11.7 Å². The van der Waals surface area contributed by atoms with Crippen LogP contribution in [0.4, 0.5) is 0 Å². The molecule has 0 aliphatic carbocycles. The fraction of sp³-hybridized carbons (Fsp3) is 0.294. The number of carbonyl (C=O) groups is 1. The zero-order valence-electron chi connectivity index (χ0n) is 13.6. The molecule has 2 aromatic heterocycles. The average molecular weight is 325 g/mol. The molecule has 0 aliphatic rings. The largest absolute Gasteiger partial charge is 0.350 e. The van der Waals surface area contributed by atoms with E-state index in [9.17, 15) is 4.79 Å². The van der Waals surface area contributed by atoms with Gasteiger partial charge in [0.15, 0.2) is 5.82 Å². The number of nitrogens with zero attached hydrogens (tertiary/aromatic N) is 4. The lowest BCUT2D eigenvalue weighted by Gasteiger charge is -2.15. The van der Waals surface area contributed by atoms with Gasteiger partial charge in [0.2, 0.25) is 11.8 Å². The van der Waals surface area contributed by atoms with Gasteiger partial charge in [0, 0.05) is 25.2 Å². The van der Waals surface area contributed by atoms with E-state index in [0.29, 0.717) is 24.6 Å². The van der Waals surface area contributed by atoms with Gasteiger partial charge in [-0.25, -0.2) is 4.68 Å². The second-order valence-corrected chi connectivity index (χ2v) is 5.57. The SMILES string of the molecule is Cc1noc(CCC(=O)N[C@H](C)c2cccc(-n3cccn3)c2)n1. The van der Waals surface area contributed by atoms with Gasteiger partial charge < -0.3 is 9.84 Å². The third-order valence-electron chi connectivity index (χ3n) is 3.65. The Morgan fingerprint density at radius 1 is 1.38 bits per heavy atom. The van der Waals surface area contributed by atoms with Crippen LogP contribution < -0.4 is 5.32 Å². The molecule has 7 heteroatoms. The lowest BCUT2D eigenvalue weighted by molar-refractivity contribution is -0.121. The Morgan fingerprint density at radius 3 is 2.96 bits per heavy atom. The molecule has 7 nitrogen and oxygen atoms in total. The molecule has 3 aromatic rings. The molecule has 1 amide bonds. The summed E-state index contributed by atoms with van der Waals surface area (Å²) in [5.74, 6) is 1.01. The fourth-order valence-corrected chi connectivity index (χ4v) is 2.42. The van der Waals surface area contributed by atoms with Crippen molar-refractivity contribution in [1.29, 1.82) is 0 Å². The molecular weight excluding hydrogens is 306 g/mol. The van der Waals surface area contributed by atoms with Gasteiger partial charge in [-0.3, -0.25) is 4.79 Å². The monoisotopic (exact) mass is 325 g/mol. The number of aromatic nitrogens is 4. The second-order valence-electron chi connectivity index (χ2n) is 5.57. The maximum atomic E-state index is 12.1. The van der Waals surface area contributed by atoms with Crippen molar-refractivity contribution in [3.8, 4) is 5.69 Å². The van der Waals surface area contributed by atoms with Gasteiger partial charge >= 0.3 is 0 Å². The van der Waals surface area contributed by atoms with Gasteiger partial charge in [0.25, 0.3) is 0 Å². The van der Waals surface area contributed by atoms with E-state index in [1.807, 2.05) is 43.5 Å². The molecule has 1 aromatic carbocycles. The first-order chi connectivity index (χ1) is 11.6. The molecule has 124 valence electrons. The molecule has 0 bridgehead atoms. The average Bonchev–Trinajstić information content (AvgIpc) is 3.24. The van der Waals surface area contributed by atoms with Crippen molar-refractivity contribution in [2.24, 2.45) is 0 Å². The Balaban J connectivity index is 1.59. The van der Waals surface area contributed by atoms with Crippen LogP contribution in [0.25, 0.3) is 5.69 Å². The summed E-state index contributed by atoms with van der Waals surface area (Å²) in [6, 6.07) is 9.70. The van der Waals surface area contributed by atoms with Crippen LogP contribution in [0.3, 0.4) is 0 Å². The molecule has 3 rings (SSSR count). The molecule has 0 saturated heterocycles. The van der Waals surface area contributed by atoms with Gasteiger partial charge in [-0.2, -0.15) is 10.1 Å². The van der Waals surface area contributed by atoms with Crippen molar-refractivity contribution < 1.29 is 9.32 Å². The molecule has 24 heavy (non-hydrogen) atoms. The Bertz CT molecular complexity index is 810. The topological polar surface area (TPSA) is 85.8 Å². The highest BCUT2D eigenvalue weighted by Gasteiger charge is 2.12. The summed E-state index contributed by atoms with van der Waals surface area (Å²) in [6.45, 7) is 3.71. The van der Waals surface area contributed by atoms with Crippen molar-refractivity contribution in [3.63, 3.8) is 0 Å². The summed E-state index contributed by atoms with van der Waals surface area (Å²) in [5, 5.41) is 10.9. The maximum absolute atomic E-state index is 12.1. The zero-order valence-corrected chi connectivity index (χ0v) is 13.6. The lowest BCUT2D eigenvalue weighted by atomic mass is 10.1. The smallest absolute Gasteiger partial charge is 0.227 e. The molecule has 1 N–H and O–H groups in total. The summed E-state index contributed by atoms with van der Waals surface area (Å²) >= 11 is 0. The molecule has 0 radical (unpaired) electrons. The quantitative estimate of drug-likeness (QED) is 0.752. The minimum absolute atomic E-state index is 0.0529. The minimum Gasteiger partial charge on any atom is -0.350 e. The molecule has 0 unspecified atom stereocenters. The Kier molecular flexibility index (Phi) is 4.69. The van der Waals surface area contributed by atoms with Crippen LogP contribution in [-0.2, 0) is 11.2 Å². The highest BCUT2D eigenvalue weighted by Crippen LogP contribution is 2.16. The van der Waals surface area contributed by atoms with E-state index in [1.165, 1.54) is 0 Å². The summed E-state index contributed by atoms with van der Waals surface area (Å²) in [4.78, 5) is 16.2. The van der Waals surface area contributed by atoms with Gasteiger partial charge in [0.1, 0.15) is 0 Å². The number of benzene rings is 1. The van der Waals surface area contributed by atoms with E-state index in [-0.39, 0.29) is 11.9 Å². The van der Waals surface area contributed by atoms with Crippen LogP contribution in [0, 0.1) is 6.92 Å². The van der Waals surface area contributed by atoms with Crippen LogP contribution in [0.2, 0.25) is 0 Å². The van der Waals surface area contributed by atoms with E-state index in [2.05, 4.69) is 20.6 Å². The Morgan fingerprint density at radius 2 is 2.25 bits per heavy atom. The molecule has 0 fully saturated rings. The van der Waals surface area contributed by atoms with E-state index in [0.717, 1.165) is 11.3 Å². The van der Waals surface area contributed by atoms with E-state index < -0.39 is 0 Å². The van der Waals surface area contributed by atoms with Crippen LogP contribution in [0.5, 0.6) is 0 Å². The van der Waals surface area contributed by atoms with Crippen molar-refractivity contribution >= 4 is 5.91 Å². The summed E-state index contributed by atoms with van der Waals surface area (Å²) in [7, 11) is 0. The predicted octanol–water partition coefficient (Wildman–Crippen LogP) is 2.37. The molecule has 0 aliphatic heterocycles. The summed E-state index contributed by atoms with van der Waals surface area (Å²) in [6.07, 6.45) is 4.36. The second kappa shape index (κ2) is 7.08. The number of hydrogen-bond donors (Lipinski definition) is 1. The van der Waals surface area contributed by atoms with Gasteiger partial charge in [-0.1, -0.05) is 17.3 Å². The van der Waals surface area contributed by atoms with Crippen LogP contribution >= 0.6 is 0 Å². The molecule has 0 saturated carbocycles. The van der Waals surface area contributed by atoms with Crippen molar-refractivity contribution in [1.82, 2.24) is 25.2 Å². The number of hydrogen-bond acceptors (Lipinski definition) is 5. The predicted molar refractivity (Wildman–Crippen MR) is 87.5 cm³/mol. The van der Waals surface area contributed by atoms with Crippen LogP contribution in [0.15, 0.2) is 47.2 Å². The first-order valence-electron chi connectivity index (χ1n) is 7.80. The van der Waals surface area contributed by atoms with Crippen LogP contribution in [0.1, 0.15) is 36.7 Å². The molecule has 0 spiro atoms. The molecule has 1 atom stereocenters. The third kappa shape index (κ3) is 3.87. The van der Waals surface area contributed by atoms with E-state index >= 15 is 0 Å². The highest BCUT2D eigenvalue weighted by atomic mass is 16.5. The highest BCUT2D eigenvalue weighted by molar-refractivity contribution is 5.76. The zero-order chi connectivity index (χ0) is 16.9. The molecule has 2 heterocycles. The van der Waals surface area contributed by atoms with Crippen molar-refractivity contribution in [3.05, 3.63) is 60.0 Å². The Labute approximate surface area is 139 Å². The Hall–Kier alpha value is -2.96. The van der Waals surface area contributed by atoms with Crippen molar-refractivity contribution in [2.45, 2.75) is 32.7 Å². The number of carbonyl (C=O) groups excluding carboxylic acids is 1. The van der Waals surface area contributed by atoms with Gasteiger partial charge in [-0.05, 0) is 37.6 Å². The number of nitrogens with one attached hydrogen (secondary N) is 1. The lowest BCUT2D eigenvalue weighted by Crippen LogP contribution is -2.26.